The lowest BCUT2D eigenvalue weighted by atomic mass is 9.85. The molecule has 2 fully saturated rings. The van der Waals surface area contributed by atoms with Crippen LogP contribution in [0.15, 0.2) is 16.1 Å². The smallest absolute Gasteiger partial charge is 0.267 e. The van der Waals surface area contributed by atoms with Gasteiger partial charge in [0.2, 0.25) is 0 Å². The summed E-state index contributed by atoms with van der Waals surface area (Å²) in [7, 11) is 0. The van der Waals surface area contributed by atoms with Crippen LogP contribution >= 0.6 is 11.8 Å². The highest BCUT2D eigenvalue weighted by Gasteiger charge is 2.35. The first-order valence-electron chi connectivity index (χ1n) is 9.27. The van der Waals surface area contributed by atoms with Gasteiger partial charge in [-0.15, -0.1) is 0 Å². The third-order valence-electron chi connectivity index (χ3n) is 5.91. The van der Waals surface area contributed by atoms with Gasteiger partial charge in [-0.3, -0.25) is 14.2 Å². The molecule has 0 radical (unpaired) electrons. The maximum Gasteiger partial charge on any atom is 0.267 e. The number of fused-ring (bicyclic) bond motifs is 1. The summed E-state index contributed by atoms with van der Waals surface area (Å²) >= 11 is 1.58. The molecule has 5 nitrogen and oxygen atoms in total. The molecule has 130 valence electrons. The highest BCUT2D eigenvalue weighted by Crippen LogP contribution is 2.37. The van der Waals surface area contributed by atoms with E-state index < -0.39 is 0 Å². The zero-order valence-electron chi connectivity index (χ0n) is 14.0. The fourth-order valence-electron chi connectivity index (χ4n) is 4.66. The quantitative estimate of drug-likeness (QED) is 0.851. The number of nitrogens with one attached hydrogen (secondary N) is 1. The molecular weight excluding hydrogens is 322 g/mol. The lowest BCUT2D eigenvalue weighted by Crippen LogP contribution is -2.46. The minimum atomic E-state index is -0.219. The van der Waals surface area contributed by atoms with E-state index in [-0.39, 0.29) is 23.1 Å². The summed E-state index contributed by atoms with van der Waals surface area (Å²) in [5.74, 6) is 1.80. The number of hydrogen-bond acceptors (Lipinski definition) is 4. The maximum absolute atomic E-state index is 12.8. The van der Waals surface area contributed by atoms with Crippen LogP contribution in [-0.4, -0.2) is 27.3 Å². The highest BCUT2D eigenvalue weighted by atomic mass is 32.2. The summed E-state index contributed by atoms with van der Waals surface area (Å²) in [6, 6.07) is 0.231. The first kappa shape index (κ1) is 16.2. The van der Waals surface area contributed by atoms with Gasteiger partial charge in [0.1, 0.15) is 5.56 Å². The first-order valence-corrected chi connectivity index (χ1v) is 10.3. The number of aromatic nitrogens is 2. The van der Waals surface area contributed by atoms with Crippen molar-refractivity contribution in [3.05, 3.63) is 22.1 Å². The molecule has 24 heavy (non-hydrogen) atoms. The Bertz CT molecular complexity index is 659. The highest BCUT2D eigenvalue weighted by molar-refractivity contribution is 7.99. The monoisotopic (exact) mass is 347 g/mol. The van der Waals surface area contributed by atoms with Crippen LogP contribution in [0.5, 0.6) is 0 Å². The molecule has 0 aromatic carbocycles. The van der Waals surface area contributed by atoms with Crippen molar-refractivity contribution in [1.82, 2.24) is 14.9 Å². The molecule has 0 saturated heterocycles. The van der Waals surface area contributed by atoms with E-state index in [1.165, 1.54) is 57.6 Å². The van der Waals surface area contributed by atoms with Crippen LogP contribution in [0.25, 0.3) is 0 Å². The Morgan fingerprint density at radius 2 is 1.79 bits per heavy atom. The molecule has 2 saturated carbocycles. The number of hydrogen-bond donors (Lipinski definition) is 1. The molecule has 3 aliphatic rings. The van der Waals surface area contributed by atoms with E-state index in [9.17, 15) is 9.59 Å². The predicted molar refractivity (Wildman–Crippen MR) is 94.4 cm³/mol. The fraction of sp³-hybridized carbons (Fsp3) is 0.722. The Hall–Kier alpha value is -1.30. The van der Waals surface area contributed by atoms with Crippen molar-refractivity contribution < 1.29 is 4.79 Å². The topological polar surface area (TPSA) is 64.0 Å². The van der Waals surface area contributed by atoms with Crippen LogP contribution in [0.2, 0.25) is 0 Å². The van der Waals surface area contributed by atoms with Crippen LogP contribution < -0.4 is 10.9 Å². The molecule has 0 bridgehead atoms. The van der Waals surface area contributed by atoms with Gasteiger partial charge in [-0.2, -0.15) is 0 Å². The Labute approximate surface area is 146 Å². The summed E-state index contributed by atoms with van der Waals surface area (Å²) in [5.41, 5.74) is 0.0290. The minimum absolute atomic E-state index is 0.181. The van der Waals surface area contributed by atoms with Gasteiger partial charge in [0.15, 0.2) is 5.16 Å². The number of carbonyl (C=O) groups excluding carboxylic acids is 1. The van der Waals surface area contributed by atoms with E-state index in [1.807, 2.05) is 0 Å². The molecule has 1 aromatic heterocycles. The molecule has 1 aliphatic heterocycles. The number of carbonyl (C=O) groups is 1. The number of thioether (sulfide) groups is 1. The van der Waals surface area contributed by atoms with Crippen molar-refractivity contribution in [2.75, 3.05) is 5.75 Å². The second-order valence-electron chi connectivity index (χ2n) is 7.35. The minimum Gasteiger partial charge on any atom is -0.349 e. The van der Waals surface area contributed by atoms with E-state index in [0.717, 1.165) is 10.9 Å². The average Bonchev–Trinajstić information content (AvgIpc) is 3.34. The summed E-state index contributed by atoms with van der Waals surface area (Å²) in [6.07, 6.45) is 11.4. The predicted octanol–water partition coefficient (Wildman–Crippen LogP) is 2.83. The van der Waals surface area contributed by atoms with E-state index in [1.54, 1.807) is 16.3 Å². The third-order valence-corrected chi connectivity index (χ3v) is 6.89. The van der Waals surface area contributed by atoms with Crippen molar-refractivity contribution in [3.8, 4) is 0 Å². The Kier molecular flexibility index (Phi) is 4.66. The summed E-state index contributed by atoms with van der Waals surface area (Å²) in [5, 5.41) is 3.99. The van der Waals surface area contributed by atoms with Gasteiger partial charge in [0, 0.05) is 24.5 Å². The van der Waals surface area contributed by atoms with Crippen LogP contribution in [0.1, 0.15) is 61.7 Å². The van der Waals surface area contributed by atoms with E-state index in [4.69, 9.17) is 0 Å². The molecular formula is C18H25N3O2S. The van der Waals surface area contributed by atoms with Crippen molar-refractivity contribution in [3.63, 3.8) is 0 Å². The zero-order chi connectivity index (χ0) is 16.5. The zero-order valence-corrected chi connectivity index (χ0v) is 14.8. The third kappa shape index (κ3) is 3.01. The Morgan fingerprint density at radius 1 is 1.17 bits per heavy atom. The fourth-order valence-corrected chi connectivity index (χ4v) is 5.57. The second-order valence-corrected chi connectivity index (χ2v) is 8.41. The lowest BCUT2D eigenvalue weighted by Gasteiger charge is -2.30. The van der Waals surface area contributed by atoms with Crippen molar-refractivity contribution in [1.29, 1.82) is 0 Å². The largest absolute Gasteiger partial charge is 0.349 e. The standard InChI is InChI=1S/C18H25N3O2S/c22-16(14-11-19-18-21(17(14)23)9-10-24-18)20-15(12-5-1-2-6-12)13-7-3-4-8-13/h11-13,15H,1-10H2,(H,20,22). The molecule has 4 rings (SSSR count). The lowest BCUT2D eigenvalue weighted by molar-refractivity contribution is 0.0895. The molecule has 0 spiro atoms. The van der Waals surface area contributed by atoms with Gasteiger partial charge in [0.25, 0.3) is 11.5 Å². The maximum atomic E-state index is 12.8. The van der Waals surface area contributed by atoms with Gasteiger partial charge < -0.3 is 5.32 Å². The van der Waals surface area contributed by atoms with Crippen molar-refractivity contribution in [2.24, 2.45) is 11.8 Å². The molecule has 2 heterocycles. The molecule has 2 aliphatic carbocycles. The van der Waals surface area contributed by atoms with Crippen LogP contribution in [0, 0.1) is 11.8 Å². The van der Waals surface area contributed by atoms with Gasteiger partial charge in [-0.25, -0.2) is 4.98 Å². The number of nitrogens with zero attached hydrogens (tertiary/aromatic N) is 2. The normalized spacial score (nSPS) is 21.5. The van der Waals surface area contributed by atoms with Crippen LogP contribution in [0.3, 0.4) is 0 Å². The molecule has 1 aromatic rings. The SMILES string of the molecule is O=C(NC(C1CCCC1)C1CCCC1)c1cnc2n(c1=O)CCS2. The van der Waals surface area contributed by atoms with Gasteiger partial charge >= 0.3 is 0 Å². The van der Waals surface area contributed by atoms with Gasteiger partial charge in [0.05, 0.1) is 0 Å². The Morgan fingerprint density at radius 3 is 2.42 bits per heavy atom. The van der Waals surface area contributed by atoms with Crippen LogP contribution in [0.4, 0.5) is 0 Å². The summed E-state index contributed by atoms with van der Waals surface area (Å²) in [6.45, 7) is 0.654. The first-order chi connectivity index (χ1) is 11.7. The molecule has 1 N–H and O–H groups in total. The van der Waals surface area contributed by atoms with E-state index in [2.05, 4.69) is 10.3 Å². The van der Waals surface area contributed by atoms with Gasteiger partial charge in [-0.05, 0) is 37.5 Å². The number of rotatable bonds is 4. The molecule has 1 amide bonds. The Balaban J connectivity index is 1.55. The van der Waals surface area contributed by atoms with Crippen molar-refractivity contribution in [2.45, 2.75) is 69.1 Å². The van der Waals surface area contributed by atoms with E-state index >= 15 is 0 Å². The average molecular weight is 347 g/mol. The summed E-state index contributed by atoms with van der Waals surface area (Å²) < 4.78 is 1.64. The van der Waals surface area contributed by atoms with E-state index in [0.29, 0.717) is 18.4 Å². The molecule has 0 atom stereocenters. The number of amides is 1. The summed E-state index contributed by atoms with van der Waals surface area (Å²) in [4.78, 5) is 29.7. The molecule has 6 heteroatoms. The van der Waals surface area contributed by atoms with Crippen LogP contribution in [-0.2, 0) is 6.54 Å². The van der Waals surface area contributed by atoms with Crippen molar-refractivity contribution >= 4 is 17.7 Å². The molecule has 0 unspecified atom stereocenters. The van der Waals surface area contributed by atoms with Gasteiger partial charge in [-0.1, -0.05) is 37.4 Å². The second kappa shape index (κ2) is 6.90.